The molecule has 0 aliphatic heterocycles. The lowest BCUT2D eigenvalue weighted by atomic mass is 10.1. The first kappa shape index (κ1) is 25.4. The van der Waals surface area contributed by atoms with Crippen molar-refractivity contribution in [3.63, 3.8) is 0 Å². The SMILES string of the molecule is CCCCCCCCCCCCCC(=O)OC(CC)[N+](C)(C)CCCC. The van der Waals surface area contributed by atoms with Crippen LogP contribution in [0.5, 0.6) is 0 Å². The lowest BCUT2D eigenvalue weighted by Crippen LogP contribution is -2.51. The molecule has 0 aromatic rings. The molecule has 0 N–H and O–H groups in total. The van der Waals surface area contributed by atoms with E-state index in [4.69, 9.17) is 4.74 Å². The number of rotatable bonds is 18. The summed E-state index contributed by atoms with van der Waals surface area (Å²) < 4.78 is 6.57. The van der Waals surface area contributed by atoms with Crippen molar-refractivity contribution in [2.75, 3.05) is 20.6 Å². The van der Waals surface area contributed by atoms with Crippen molar-refractivity contribution in [3.05, 3.63) is 0 Å². The molecule has 26 heavy (non-hydrogen) atoms. The number of hydrogen-bond acceptors (Lipinski definition) is 2. The molecule has 0 aliphatic rings. The summed E-state index contributed by atoms with van der Waals surface area (Å²) in [6.45, 7) is 7.66. The van der Waals surface area contributed by atoms with Gasteiger partial charge in [-0.3, -0.25) is 9.28 Å². The third-order valence-corrected chi connectivity index (χ3v) is 5.47. The van der Waals surface area contributed by atoms with E-state index < -0.39 is 0 Å². The maximum atomic E-state index is 12.2. The number of quaternary nitrogens is 1. The Morgan fingerprint density at radius 3 is 1.65 bits per heavy atom. The zero-order valence-corrected chi connectivity index (χ0v) is 18.7. The maximum Gasteiger partial charge on any atom is 0.310 e. The van der Waals surface area contributed by atoms with E-state index in [1.165, 1.54) is 70.6 Å². The molecule has 0 aromatic heterocycles. The molecule has 3 nitrogen and oxygen atoms in total. The fourth-order valence-corrected chi connectivity index (χ4v) is 3.57. The molecule has 0 fully saturated rings. The van der Waals surface area contributed by atoms with Gasteiger partial charge in [-0.25, -0.2) is 0 Å². The second kappa shape index (κ2) is 16.6. The van der Waals surface area contributed by atoms with Crippen molar-refractivity contribution in [2.24, 2.45) is 0 Å². The lowest BCUT2D eigenvalue weighted by molar-refractivity contribution is -0.935. The monoisotopic (exact) mass is 370 g/mol. The molecule has 0 rings (SSSR count). The van der Waals surface area contributed by atoms with Crippen LogP contribution in [-0.2, 0) is 9.53 Å². The zero-order valence-electron chi connectivity index (χ0n) is 18.7. The van der Waals surface area contributed by atoms with Gasteiger partial charge in [0.1, 0.15) is 0 Å². The van der Waals surface area contributed by atoms with E-state index in [1.54, 1.807) is 0 Å². The smallest absolute Gasteiger partial charge is 0.310 e. The highest BCUT2D eigenvalue weighted by atomic mass is 16.6. The van der Waals surface area contributed by atoms with Crippen molar-refractivity contribution in [1.82, 2.24) is 0 Å². The minimum absolute atomic E-state index is 0.00163. The number of nitrogens with zero attached hydrogens (tertiary/aromatic N) is 1. The van der Waals surface area contributed by atoms with Crippen molar-refractivity contribution < 1.29 is 14.0 Å². The van der Waals surface area contributed by atoms with E-state index in [2.05, 4.69) is 34.9 Å². The molecule has 0 radical (unpaired) electrons. The van der Waals surface area contributed by atoms with Gasteiger partial charge in [0, 0.05) is 12.8 Å². The van der Waals surface area contributed by atoms with Crippen LogP contribution >= 0.6 is 0 Å². The predicted octanol–water partition coefficient (Wildman–Crippen LogP) is 6.84. The van der Waals surface area contributed by atoms with E-state index in [0.29, 0.717) is 6.42 Å². The fraction of sp³-hybridized carbons (Fsp3) is 0.957. The molecule has 0 spiro atoms. The molecule has 0 heterocycles. The number of esters is 1. The van der Waals surface area contributed by atoms with Crippen molar-refractivity contribution in [2.45, 2.75) is 123 Å². The van der Waals surface area contributed by atoms with E-state index in [9.17, 15) is 4.79 Å². The molecule has 156 valence electrons. The largest absolute Gasteiger partial charge is 0.412 e. The quantitative estimate of drug-likeness (QED) is 0.114. The number of hydrogen-bond donors (Lipinski definition) is 0. The predicted molar refractivity (Wildman–Crippen MR) is 113 cm³/mol. The zero-order chi connectivity index (χ0) is 19.7. The maximum absolute atomic E-state index is 12.2. The molecule has 1 unspecified atom stereocenters. The van der Waals surface area contributed by atoms with Crippen LogP contribution in [0.2, 0.25) is 0 Å². The Labute approximate surface area is 164 Å². The minimum Gasteiger partial charge on any atom is -0.412 e. The van der Waals surface area contributed by atoms with Gasteiger partial charge >= 0.3 is 5.97 Å². The van der Waals surface area contributed by atoms with Gasteiger partial charge in [-0.2, -0.15) is 0 Å². The highest BCUT2D eigenvalue weighted by Gasteiger charge is 2.29. The van der Waals surface area contributed by atoms with Gasteiger partial charge < -0.3 is 4.74 Å². The summed E-state index contributed by atoms with van der Waals surface area (Å²) >= 11 is 0. The van der Waals surface area contributed by atoms with Crippen molar-refractivity contribution in [1.29, 1.82) is 0 Å². The number of ether oxygens (including phenoxy) is 1. The van der Waals surface area contributed by atoms with Crippen LogP contribution < -0.4 is 0 Å². The van der Waals surface area contributed by atoms with Gasteiger partial charge in [0.25, 0.3) is 0 Å². The Morgan fingerprint density at radius 1 is 0.731 bits per heavy atom. The average Bonchev–Trinajstić information content (AvgIpc) is 2.62. The van der Waals surface area contributed by atoms with E-state index in [0.717, 1.165) is 30.3 Å². The summed E-state index contributed by atoms with van der Waals surface area (Å²) in [5.41, 5.74) is 0. The molecular formula is C23H48NO2+. The Kier molecular flexibility index (Phi) is 16.2. The summed E-state index contributed by atoms with van der Waals surface area (Å²) in [6, 6.07) is 0. The Balaban J connectivity index is 3.69. The van der Waals surface area contributed by atoms with Gasteiger partial charge in [-0.1, -0.05) is 91.4 Å². The van der Waals surface area contributed by atoms with E-state index >= 15 is 0 Å². The number of unbranched alkanes of at least 4 members (excludes halogenated alkanes) is 11. The van der Waals surface area contributed by atoms with Gasteiger partial charge in [0.05, 0.1) is 20.6 Å². The normalized spacial score (nSPS) is 13.0. The minimum atomic E-state index is -0.00419. The molecular weight excluding hydrogens is 322 g/mol. The molecule has 3 heteroatoms. The summed E-state index contributed by atoms with van der Waals surface area (Å²) in [6.07, 6.45) is 18.2. The fourth-order valence-electron chi connectivity index (χ4n) is 3.57. The summed E-state index contributed by atoms with van der Waals surface area (Å²) in [5.74, 6) is -0.00419. The van der Waals surface area contributed by atoms with Gasteiger partial charge in [-0.15, -0.1) is 0 Å². The van der Waals surface area contributed by atoms with Crippen LogP contribution in [-0.4, -0.2) is 37.3 Å². The van der Waals surface area contributed by atoms with Crippen molar-refractivity contribution in [3.8, 4) is 0 Å². The van der Waals surface area contributed by atoms with E-state index in [1.807, 2.05) is 0 Å². The van der Waals surface area contributed by atoms with E-state index in [-0.39, 0.29) is 12.2 Å². The summed E-state index contributed by atoms with van der Waals surface area (Å²) in [4.78, 5) is 12.2. The van der Waals surface area contributed by atoms with Crippen LogP contribution in [0, 0.1) is 0 Å². The molecule has 0 saturated carbocycles. The van der Waals surface area contributed by atoms with Crippen LogP contribution in [0.1, 0.15) is 117 Å². The van der Waals surface area contributed by atoms with Crippen LogP contribution in [0.25, 0.3) is 0 Å². The Hall–Kier alpha value is -0.570. The third kappa shape index (κ3) is 13.6. The average molecular weight is 371 g/mol. The Bertz CT molecular complexity index is 328. The van der Waals surface area contributed by atoms with Crippen molar-refractivity contribution >= 4 is 5.97 Å². The molecule has 0 aliphatic carbocycles. The van der Waals surface area contributed by atoms with Gasteiger partial charge in [0.15, 0.2) is 0 Å². The second-order valence-electron chi connectivity index (χ2n) is 8.49. The second-order valence-corrected chi connectivity index (χ2v) is 8.49. The first-order chi connectivity index (χ1) is 12.5. The van der Waals surface area contributed by atoms with Gasteiger partial charge in [-0.05, 0) is 12.8 Å². The van der Waals surface area contributed by atoms with Crippen LogP contribution in [0.15, 0.2) is 0 Å². The molecule has 0 amide bonds. The molecule has 0 aromatic carbocycles. The molecule has 0 saturated heterocycles. The summed E-state index contributed by atoms with van der Waals surface area (Å²) in [7, 11) is 4.36. The third-order valence-electron chi connectivity index (χ3n) is 5.47. The lowest BCUT2D eigenvalue weighted by Gasteiger charge is -2.36. The topological polar surface area (TPSA) is 26.3 Å². The number of carbonyl (C=O) groups is 1. The number of carbonyl (C=O) groups excluding carboxylic acids is 1. The first-order valence-corrected chi connectivity index (χ1v) is 11.5. The highest BCUT2D eigenvalue weighted by Crippen LogP contribution is 2.16. The van der Waals surface area contributed by atoms with Crippen LogP contribution in [0.4, 0.5) is 0 Å². The standard InChI is InChI=1S/C23H48NO2/c1-6-9-11-12-13-14-15-16-17-18-19-20-23(25)26-22(8-3)24(4,5)21-10-7-2/h22H,6-21H2,1-5H3/q+1. The molecule has 1 atom stereocenters. The van der Waals surface area contributed by atoms with Gasteiger partial charge in [0.2, 0.25) is 6.23 Å². The summed E-state index contributed by atoms with van der Waals surface area (Å²) in [5, 5.41) is 0. The van der Waals surface area contributed by atoms with Crippen LogP contribution in [0.3, 0.4) is 0 Å². The molecule has 0 bridgehead atoms. The first-order valence-electron chi connectivity index (χ1n) is 11.5. The Morgan fingerprint density at radius 2 is 1.19 bits per heavy atom. The highest BCUT2D eigenvalue weighted by molar-refractivity contribution is 5.69.